The van der Waals surface area contributed by atoms with Crippen LogP contribution in [0.4, 0.5) is 28.6 Å². The summed E-state index contributed by atoms with van der Waals surface area (Å²) in [5.74, 6) is 0.678. The number of hydrogen-bond acceptors (Lipinski definition) is 7. The monoisotopic (exact) mass is 605 g/mol. The third kappa shape index (κ3) is 9.20. The maximum atomic E-state index is 12.7. The number of hydrogen-bond donors (Lipinski definition) is 3. The van der Waals surface area contributed by atoms with Gasteiger partial charge in [0.05, 0.1) is 23.8 Å². The van der Waals surface area contributed by atoms with Crippen LogP contribution in [0.3, 0.4) is 0 Å². The van der Waals surface area contributed by atoms with Gasteiger partial charge in [0.15, 0.2) is 0 Å². The lowest BCUT2D eigenvalue weighted by Gasteiger charge is -2.16. The minimum absolute atomic E-state index is 0.0129. The summed E-state index contributed by atoms with van der Waals surface area (Å²) in [6, 6.07) is 21.2. The molecule has 1 aliphatic heterocycles. The summed E-state index contributed by atoms with van der Waals surface area (Å²) in [5, 5.41) is 9.10. The number of benzene rings is 2. The largest absolute Gasteiger partial charge is 0.339 e. The number of nitrogens with one attached hydrogen (secondary N) is 3. The molecule has 10 heteroatoms. The van der Waals surface area contributed by atoms with Gasteiger partial charge in [-0.15, -0.1) is 0 Å². The fourth-order valence-electron chi connectivity index (χ4n) is 5.18. The van der Waals surface area contributed by atoms with Crippen LogP contribution in [0.1, 0.15) is 37.7 Å². The van der Waals surface area contributed by atoms with Crippen LogP contribution in [0.5, 0.6) is 0 Å². The Kier molecular flexibility index (Phi) is 10.5. The molecule has 232 valence electrons. The maximum absolute atomic E-state index is 12.7. The number of rotatable bonds is 13. The minimum Gasteiger partial charge on any atom is -0.339 e. The van der Waals surface area contributed by atoms with Gasteiger partial charge in [-0.25, -0.2) is 4.98 Å². The molecule has 3 heterocycles. The predicted octanol–water partition coefficient (Wildman–Crippen LogP) is 5.87. The SMILES string of the molecule is CN(C)CCCC(=O)Nc1cccc(CCC(=O)Nc2cncc(Nc3ccc(-c4ccc(N5CCCC5=O)cc4)cn3)c2)c1. The van der Waals surface area contributed by atoms with E-state index in [4.69, 9.17) is 0 Å². The van der Waals surface area contributed by atoms with E-state index in [1.807, 2.05) is 85.7 Å². The van der Waals surface area contributed by atoms with Crippen LogP contribution in [0, 0.1) is 0 Å². The van der Waals surface area contributed by atoms with E-state index in [0.29, 0.717) is 36.5 Å². The van der Waals surface area contributed by atoms with Gasteiger partial charge in [0.25, 0.3) is 0 Å². The maximum Gasteiger partial charge on any atom is 0.227 e. The summed E-state index contributed by atoms with van der Waals surface area (Å²) in [7, 11) is 3.98. The molecular formula is C35H39N7O3. The summed E-state index contributed by atoms with van der Waals surface area (Å²) in [5.41, 5.74) is 5.89. The van der Waals surface area contributed by atoms with Crippen molar-refractivity contribution >= 4 is 46.3 Å². The zero-order chi connectivity index (χ0) is 31.6. The molecule has 1 aliphatic rings. The summed E-state index contributed by atoms with van der Waals surface area (Å²) in [6.07, 6.45) is 8.67. The van der Waals surface area contributed by atoms with Gasteiger partial charge in [0, 0.05) is 48.9 Å². The molecule has 0 spiro atoms. The second-order valence-electron chi connectivity index (χ2n) is 11.4. The quantitative estimate of drug-likeness (QED) is 0.175. The summed E-state index contributed by atoms with van der Waals surface area (Å²) in [6.45, 7) is 1.63. The molecule has 5 rings (SSSR count). The smallest absolute Gasteiger partial charge is 0.227 e. The molecular weight excluding hydrogens is 566 g/mol. The van der Waals surface area contributed by atoms with Crippen molar-refractivity contribution in [2.24, 2.45) is 0 Å². The third-order valence-corrected chi connectivity index (χ3v) is 7.50. The van der Waals surface area contributed by atoms with E-state index in [-0.39, 0.29) is 24.1 Å². The standard InChI is InChI=1S/C35H39N7O3/c1-41(2)18-4-8-33(43)39-28-7-3-6-25(20-28)10-17-34(44)40-30-21-29(23-36-24-30)38-32-16-13-27(22-37-32)26-11-14-31(15-12-26)42-19-5-9-35(42)45/h3,6-7,11-16,20-24H,4-5,8-10,17-19H2,1-2H3,(H,37,38)(H,39,43)(H,40,44). The zero-order valence-corrected chi connectivity index (χ0v) is 25.8. The highest BCUT2D eigenvalue weighted by Gasteiger charge is 2.21. The number of carbonyl (C=O) groups is 3. The summed E-state index contributed by atoms with van der Waals surface area (Å²) < 4.78 is 0. The number of aryl methyl sites for hydroxylation is 1. The normalized spacial score (nSPS) is 12.8. The number of nitrogens with zero attached hydrogens (tertiary/aromatic N) is 4. The van der Waals surface area contributed by atoms with Crippen molar-refractivity contribution in [1.29, 1.82) is 0 Å². The van der Waals surface area contributed by atoms with E-state index >= 15 is 0 Å². The van der Waals surface area contributed by atoms with Crippen molar-refractivity contribution in [3.05, 3.63) is 90.9 Å². The van der Waals surface area contributed by atoms with Crippen molar-refractivity contribution in [1.82, 2.24) is 14.9 Å². The molecule has 4 aromatic rings. The summed E-state index contributed by atoms with van der Waals surface area (Å²) in [4.78, 5) is 49.6. The highest BCUT2D eigenvalue weighted by Crippen LogP contribution is 2.27. The Hall–Kier alpha value is -5.09. The van der Waals surface area contributed by atoms with Crippen LogP contribution in [-0.4, -0.2) is 59.8 Å². The van der Waals surface area contributed by atoms with E-state index in [2.05, 4.69) is 30.8 Å². The van der Waals surface area contributed by atoms with Gasteiger partial charge in [0.1, 0.15) is 5.82 Å². The first-order chi connectivity index (χ1) is 21.8. The van der Waals surface area contributed by atoms with Gasteiger partial charge in [-0.05, 0) is 93.5 Å². The first kappa shape index (κ1) is 31.3. The molecule has 0 aliphatic carbocycles. The molecule has 0 saturated carbocycles. The van der Waals surface area contributed by atoms with Crippen molar-refractivity contribution < 1.29 is 14.4 Å². The molecule has 1 saturated heterocycles. The van der Waals surface area contributed by atoms with Crippen LogP contribution in [0.2, 0.25) is 0 Å². The lowest BCUT2D eigenvalue weighted by molar-refractivity contribution is -0.117. The molecule has 1 fully saturated rings. The lowest BCUT2D eigenvalue weighted by atomic mass is 10.1. The first-order valence-corrected chi connectivity index (χ1v) is 15.2. The lowest BCUT2D eigenvalue weighted by Crippen LogP contribution is -2.23. The van der Waals surface area contributed by atoms with Crippen molar-refractivity contribution in [2.75, 3.05) is 48.0 Å². The Balaban J connectivity index is 1.10. The number of pyridine rings is 2. The van der Waals surface area contributed by atoms with Crippen LogP contribution < -0.4 is 20.9 Å². The Labute approximate surface area is 263 Å². The van der Waals surface area contributed by atoms with Gasteiger partial charge >= 0.3 is 0 Å². The molecule has 0 unspecified atom stereocenters. The van der Waals surface area contributed by atoms with Gasteiger partial charge in [-0.3, -0.25) is 19.4 Å². The number of anilines is 5. The highest BCUT2D eigenvalue weighted by molar-refractivity contribution is 5.95. The topological polar surface area (TPSA) is 120 Å². The van der Waals surface area contributed by atoms with Crippen molar-refractivity contribution in [3.8, 4) is 11.1 Å². The second kappa shape index (κ2) is 15.1. The fourth-order valence-corrected chi connectivity index (χ4v) is 5.18. The van der Waals surface area contributed by atoms with Crippen molar-refractivity contribution in [3.63, 3.8) is 0 Å². The van der Waals surface area contributed by atoms with E-state index in [0.717, 1.165) is 54.0 Å². The Morgan fingerprint density at radius 2 is 1.60 bits per heavy atom. The van der Waals surface area contributed by atoms with Gasteiger partial charge in [0.2, 0.25) is 17.7 Å². The molecule has 3 N–H and O–H groups in total. The molecule has 10 nitrogen and oxygen atoms in total. The van der Waals surface area contributed by atoms with Gasteiger partial charge < -0.3 is 25.8 Å². The van der Waals surface area contributed by atoms with E-state index in [9.17, 15) is 14.4 Å². The van der Waals surface area contributed by atoms with Crippen LogP contribution >= 0.6 is 0 Å². The summed E-state index contributed by atoms with van der Waals surface area (Å²) >= 11 is 0. The van der Waals surface area contributed by atoms with E-state index in [1.165, 1.54) is 0 Å². The Morgan fingerprint density at radius 1 is 0.844 bits per heavy atom. The van der Waals surface area contributed by atoms with Crippen LogP contribution in [0.25, 0.3) is 11.1 Å². The van der Waals surface area contributed by atoms with E-state index in [1.54, 1.807) is 18.6 Å². The number of carbonyl (C=O) groups excluding carboxylic acids is 3. The fraction of sp³-hybridized carbons (Fsp3) is 0.286. The van der Waals surface area contributed by atoms with Gasteiger partial charge in [-0.1, -0.05) is 24.3 Å². The molecule has 0 atom stereocenters. The molecule has 2 aromatic carbocycles. The molecule has 3 amide bonds. The van der Waals surface area contributed by atoms with E-state index < -0.39 is 0 Å². The van der Waals surface area contributed by atoms with Crippen LogP contribution in [-0.2, 0) is 20.8 Å². The predicted molar refractivity (Wildman–Crippen MR) is 179 cm³/mol. The molecule has 2 aromatic heterocycles. The van der Waals surface area contributed by atoms with Gasteiger partial charge in [-0.2, -0.15) is 0 Å². The highest BCUT2D eigenvalue weighted by atomic mass is 16.2. The molecule has 0 bridgehead atoms. The minimum atomic E-state index is -0.130. The average Bonchev–Trinajstić information content (AvgIpc) is 3.46. The Bertz CT molecular complexity index is 1620. The average molecular weight is 606 g/mol. The number of aromatic nitrogens is 2. The number of amides is 3. The third-order valence-electron chi connectivity index (χ3n) is 7.50. The van der Waals surface area contributed by atoms with Crippen LogP contribution in [0.15, 0.2) is 85.3 Å². The van der Waals surface area contributed by atoms with Crippen molar-refractivity contribution in [2.45, 2.75) is 38.5 Å². The Morgan fingerprint density at radius 3 is 2.33 bits per heavy atom. The second-order valence-corrected chi connectivity index (χ2v) is 11.4. The first-order valence-electron chi connectivity index (χ1n) is 15.2. The molecule has 0 radical (unpaired) electrons. The zero-order valence-electron chi connectivity index (χ0n) is 25.8. The molecule has 45 heavy (non-hydrogen) atoms.